The fourth-order valence-corrected chi connectivity index (χ4v) is 3.77. The van der Waals surface area contributed by atoms with Crippen molar-refractivity contribution < 1.29 is 14.5 Å². The maximum absolute atomic E-state index is 13.0. The number of hydrogen-bond acceptors (Lipinski definition) is 4. The normalized spacial score (nSPS) is 16.3. The van der Waals surface area contributed by atoms with Gasteiger partial charge < -0.3 is 4.74 Å². The number of nitro groups is 1. The molecule has 3 aromatic rings. The minimum atomic E-state index is -0.610. The van der Waals surface area contributed by atoms with E-state index in [1.165, 1.54) is 12.1 Å². The molecule has 0 aromatic heterocycles. The number of nitro benzene ring substituents is 1. The van der Waals surface area contributed by atoms with Crippen LogP contribution in [0.15, 0.2) is 72.8 Å². The Morgan fingerprint density at radius 1 is 1.03 bits per heavy atom. The van der Waals surface area contributed by atoms with E-state index in [0.29, 0.717) is 6.54 Å². The second-order valence-electron chi connectivity index (χ2n) is 8.66. The average molecular weight is 416 g/mol. The van der Waals surface area contributed by atoms with Gasteiger partial charge in [-0.1, -0.05) is 42.5 Å². The van der Waals surface area contributed by atoms with Crippen LogP contribution in [-0.4, -0.2) is 28.1 Å². The van der Waals surface area contributed by atoms with Gasteiger partial charge in [-0.15, -0.1) is 0 Å². The molecule has 1 amide bonds. The zero-order valence-electron chi connectivity index (χ0n) is 17.7. The molecule has 3 aromatic carbocycles. The number of benzene rings is 3. The first-order valence-electron chi connectivity index (χ1n) is 10.2. The summed E-state index contributed by atoms with van der Waals surface area (Å²) in [5, 5.41) is 13.2. The third-order valence-corrected chi connectivity index (χ3v) is 5.23. The van der Waals surface area contributed by atoms with Gasteiger partial charge in [0.05, 0.1) is 17.5 Å². The molecule has 158 valence electrons. The molecule has 0 spiro atoms. The van der Waals surface area contributed by atoms with E-state index in [0.717, 1.165) is 27.5 Å². The first kappa shape index (κ1) is 20.6. The first-order valence-corrected chi connectivity index (χ1v) is 10.2. The lowest BCUT2D eigenvalue weighted by Crippen LogP contribution is -2.37. The molecule has 1 heterocycles. The van der Waals surface area contributed by atoms with Crippen LogP contribution >= 0.6 is 0 Å². The molecule has 0 saturated heterocycles. The van der Waals surface area contributed by atoms with Crippen molar-refractivity contribution in [3.63, 3.8) is 0 Å². The van der Waals surface area contributed by atoms with E-state index in [-0.39, 0.29) is 17.8 Å². The highest BCUT2D eigenvalue weighted by molar-refractivity contribution is 5.84. The second-order valence-corrected chi connectivity index (χ2v) is 8.66. The quantitative estimate of drug-likeness (QED) is 0.381. The van der Waals surface area contributed by atoms with Crippen molar-refractivity contribution in [2.24, 2.45) is 0 Å². The van der Waals surface area contributed by atoms with Gasteiger partial charge in [0.2, 0.25) is 0 Å². The van der Waals surface area contributed by atoms with Gasteiger partial charge in [0.1, 0.15) is 5.60 Å². The summed E-state index contributed by atoms with van der Waals surface area (Å²) in [4.78, 5) is 25.3. The van der Waals surface area contributed by atoms with E-state index >= 15 is 0 Å². The van der Waals surface area contributed by atoms with Gasteiger partial charge in [-0.25, -0.2) is 4.79 Å². The van der Waals surface area contributed by atoms with Crippen LogP contribution in [0.5, 0.6) is 0 Å². The molecule has 1 aliphatic rings. The van der Waals surface area contributed by atoms with Crippen molar-refractivity contribution in [2.75, 3.05) is 6.54 Å². The van der Waals surface area contributed by atoms with Crippen molar-refractivity contribution in [1.29, 1.82) is 0 Å². The number of ether oxygens (including phenoxy) is 1. The highest BCUT2D eigenvalue weighted by Crippen LogP contribution is 2.37. The number of rotatable bonds is 3. The fraction of sp³-hybridized carbons (Fsp3) is 0.240. The molecular formula is C25H24N2O4. The smallest absolute Gasteiger partial charge is 0.411 e. The number of non-ortho nitro benzene ring substituents is 1. The van der Waals surface area contributed by atoms with Gasteiger partial charge >= 0.3 is 6.09 Å². The zero-order valence-corrected chi connectivity index (χ0v) is 17.7. The molecule has 6 heteroatoms. The molecule has 0 aliphatic carbocycles. The van der Waals surface area contributed by atoms with Gasteiger partial charge in [-0.3, -0.25) is 15.0 Å². The summed E-state index contributed by atoms with van der Waals surface area (Å²) in [6, 6.07) is 20.4. The SMILES string of the molecule is CC(C)(C)OC(=O)N1CC(c2ccc([N+](=O)[O-])cc2)=CC1c1ccc2ccccc2c1. The summed E-state index contributed by atoms with van der Waals surface area (Å²) >= 11 is 0. The van der Waals surface area contributed by atoms with E-state index < -0.39 is 10.5 Å². The molecule has 1 aliphatic heterocycles. The van der Waals surface area contributed by atoms with Crippen LogP contribution in [-0.2, 0) is 4.74 Å². The van der Waals surface area contributed by atoms with Crippen LogP contribution in [0, 0.1) is 10.1 Å². The number of nitrogens with zero attached hydrogens (tertiary/aromatic N) is 2. The van der Waals surface area contributed by atoms with Crippen molar-refractivity contribution in [1.82, 2.24) is 4.90 Å². The van der Waals surface area contributed by atoms with Gasteiger partial charge in [0.15, 0.2) is 0 Å². The Bertz CT molecular complexity index is 1180. The maximum Gasteiger partial charge on any atom is 0.411 e. The Balaban J connectivity index is 1.72. The van der Waals surface area contributed by atoms with Crippen molar-refractivity contribution in [3.05, 3.63) is 94.0 Å². The lowest BCUT2D eigenvalue weighted by Gasteiger charge is -2.29. The fourth-order valence-electron chi connectivity index (χ4n) is 3.77. The van der Waals surface area contributed by atoms with Crippen LogP contribution in [0.1, 0.15) is 37.9 Å². The molecule has 4 rings (SSSR count). The molecule has 1 unspecified atom stereocenters. The van der Waals surface area contributed by atoms with Gasteiger partial charge in [0.25, 0.3) is 5.69 Å². The summed E-state index contributed by atoms with van der Waals surface area (Å²) in [6.45, 7) is 5.90. The highest BCUT2D eigenvalue weighted by Gasteiger charge is 2.34. The largest absolute Gasteiger partial charge is 0.444 e. The third-order valence-electron chi connectivity index (χ3n) is 5.23. The Hall–Kier alpha value is -3.67. The van der Waals surface area contributed by atoms with Crippen LogP contribution < -0.4 is 0 Å². The summed E-state index contributed by atoms with van der Waals surface area (Å²) < 4.78 is 5.66. The monoisotopic (exact) mass is 416 g/mol. The topological polar surface area (TPSA) is 72.7 Å². The van der Waals surface area contributed by atoms with Crippen LogP contribution in [0.3, 0.4) is 0 Å². The van der Waals surface area contributed by atoms with Crippen LogP contribution in [0.25, 0.3) is 16.3 Å². The Kier molecular flexibility index (Phi) is 5.23. The second kappa shape index (κ2) is 7.87. The van der Waals surface area contributed by atoms with Crippen LogP contribution in [0.4, 0.5) is 10.5 Å². The summed E-state index contributed by atoms with van der Waals surface area (Å²) in [7, 11) is 0. The molecule has 0 fully saturated rings. The van der Waals surface area contributed by atoms with Gasteiger partial charge in [0, 0.05) is 12.1 Å². The first-order chi connectivity index (χ1) is 14.7. The summed E-state index contributed by atoms with van der Waals surface area (Å²) in [5.74, 6) is 0. The molecule has 0 radical (unpaired) electrons. The number of carbonyl (C=O) groups excluding carboxylic acids is 1. The molecule has 6 nitrogen and oxygen atoms in total. The van der Waals surface area contributed by atoms with Crippen LogP contribution in [0.2, 0.25) is 0 Å². The lowest BCUT2D eigenvalue weighted by molar-refractivity contribution is -0.384. The predicted octanol–water partition coefficient (Wildman–Crippen LogP) is 6.12. The van der Waals surface area contributed by atoms with Crippen molar-refractivity contribution in [3.8, 4) is 0 Å². The van der Waals surface area contributed by atoms with E-state index in [4.69, 9.17) is 4.74 Å². The number of fused-ring (bicyclic) bond motifs is 1. The lowest BCUT2D eigenvalue weighted by atomic mass is 10.0. The Labute approximate surface area is 180 Å². The van der Waals surface area contributed by atoms with E-state index in [9.17, 15) is 14.9 Å². The maximum atomic E-state index is 13.0. The molecule has 0 N–H and O–H groups in total. The van der Waals surface area contributed by atoms with E-state index in [1.54, 1.807) is 17.0 Å². The van der Waals surface area contributed by atoms with E-state index in [1.807, 2.05) is 51.1 Å². The number of amides is 1. The molecule has 0 saturated carbocycles. The minimum absolute atomic E-state index is 0.0393. The summed E-state index contributed by atoms with van der Waals surface area (Å²) in [5.41, 5.74) is 2.20. The number of hydrogen-bond donors (Lipinski definition) is 0. The zero-order chi connectivity index (χ0) is 22.2. The van der Waals surface area contributed by atoms with Crippen molar-refractivity contribution in [2.45, 2.75) is 32.4 Å². The molecule has 1 atom stereocenters. The molecular weight excluding hydrogens is 392 g/mol. The molecule has 0 bridgehead atoms. The number of carbonyl (C=O) groups is 1. The molecule has 31 heavy (non-hydrogen) atoms. The Morgan fingerprint density at radius 3 is 2.35 bits per heavy atom. The average Bonchev–Trinajstić information content (AvgIpc) is 3.18. The third kappa shape index (κ3) is 4.43. The summed E-state index contributed by atoms with van der Waals surface area (Å²) in [6.07, 6.45) is 1.65. The van der Waals surface area contributed by atoms with Gasteiger partial charge in [-0.05, 0) is 66.4 Å². The highest BCUT2D eigenvalue weighted by atomic mass is 16.6. The standard InChI is InChI=1S/C25H24N2O4/c1-25(2,3)31-24(28)26-16-21(18-10-12-22(13-11-18)27(29)30)15-23(26)20-9-8-17-6-4-5-7-19(17)14-20/h4-15,23H,16H2,1-3H3. The minimum Gasteiger partial charge on any atom is -0.444 e. The Morgan fingerprint density at radius 2 is 1.71 bits per heavy atom. The van der Waals surface area contributed by atoms with Crippen molar-refractivity contribution >= 4 is 28.1 Å². The predicted molar refractivity (Wildman–Crippen MR) is 121 cm³/mol. The van der Waals surface area contributed by atoms with E-state index in [2.05, 4.69) is 18.2 Å². The van der Waals surface area contributed by atoms with Gasteiger partial charge in [-0.2, -0.15) is 0 Å².